The second kappa shape index (κ2) is 5.75. The second-order valence-electron chi connectivity index (χ2n) is 4.80. The summed E-state index contributed by atoms with van der Waals surface area (Å²) in [5, 5.41) is 2.09. The molecule has 0 saturated carbocycles. The Labute approximate surface area is 125 Å². The average molecular weight is 338 g/mol. The molecule has 0 fully saturated rings. The maximum Gasteiger partial charge on any atom is 0.0982 e. The highest BCUT2D eigenvalue weighted by atomic mass is 79.9. The molecule has 0 saturated heterocycles. The molecule has 2 N–H and O–H groups in total. The van der Waals surface area contributed by atoms with Crippen molar-refractivity contribution >= 4 is 27.3 Å². The quantitative estimate of drug-likeness (QED) is 0.926. The van der Waals surface area contributed by atoms with Crippen molar-refractivity contribution in [3.8, 4) is 0 Å². The van der Waals surface area contributed by atoms with E-state index in [0.29, 0.717) is 0 Å². The molecule has 0 amide bonds. The lowest BCUT2D eigenvalue weighted by atomic mass is 9.92. The van der Waals surface area contributed by atoms with Crippen molar-refractivity contribution in [2.75, 3.05) is 6.61 Å². The minimum atomic E-state index is -0.00333. The van der Waals surface area contributed by atoms with Gasteiger partial charge in [-0.05, 0) is 44.9 Å². The van der Waals surface area contributed by atoms with Crippen LogP contribution in [0.25, 0.3) is 0 Å². The van der Waals surface area contributed by atoms with Crippen LogP contribution in [0.5, 0.6) is 0 Å². The van der Waals surface area contributed by atoms with Gasteiger partial charge in [-0.2, -0.15) is 0 Å². The first-order chi connectivity index (χ1) is 9.25. The summed E-state index contributed by atoms with van der Waals surface area (Å²) in [7, 11) is 0. The molecule has 1 aromatic heterocycles. The van der Waals surface area contributed by atoms with Gasteiger partial charge in [0.2, 0.25) is 0 Å². The first-order valence-electron chi connectivity index (χ1n) is 6.42. The van der Waals surface area contributed by atoms with Crippen LogP contribution in [0.15, 0.2) is 40.2 Å². The summed E-state index contributed by atoms with van der Waals surface area (Å²) in [5.74, 6) is 0. The zero-order valence-electron chi connectivity index (χ0n) is 10.5. The summed E-state index contributed by atoms with van der Waals surface area (Å²) in [6.45, 7) is 0.765. The van der Waals surface area contributed by atoms with Gasteiger partial charge < -0.3 is 10.5 Å². The molecule has 2 heterocycles. The van der Waals surface area contributed by atoms with Crippen molar-refractivity contribution in [3.05, 3.63) is 56.2 Å². The first-order valence-corrected chi connectivity index (χ1v) is 8.10. The van der Waals surface area contributed by atoms with E-state index in [1.54, 1.807) is 11.3 Å². The first kappa shape index (κ1) is 13.3. The minimum Gasteiger partial charge on any atom is -0.372 e. The molecule has 0 radical (unpaired) electrons. The Morgan fingerprint density at radius 2 is 2.21 bits per heavy atom. The number of halogens is 1. The van der Waals surface area contributed by atoms with Gasteiger partial charge in [-0.25, -0.2) is 0 Å². The van der Waals surface area contributed by atoms with E-state index in [0.717, 1.165) is 23.9 Å². The highest BCUT2D eigenvalue weighted by Crippen LogP contribution is 2.32. The van der Waals surface area contributed by atoms with Gasteiger partial charge in [-0.3, -0.25) is 0 Å². The Bertz CT molecular complexity index is 569. The molecule has 1 aliphatic heterocycles. The van der Waals surface area contributed by atoms with Crippen LogP contribution in [0.4, 0.5) is 0 Å². The molecular formula is C15H16BrNOS. The van der Waals surface area contributed by atoms with Crippen LogP contribution in [0.3, 0.4) is 0 Å². The SMILES string of the molecule is NC(Cc1sccc1Br)C1OCCc2ccccc21. The summed E-state index contributed by atoms with van der Waals surface area (Å²) in [6, 6.07) is 10.5. The monoisotopic (exact) mass is 337 g/mol. The molecule has 4 heteroatoms. The highest BCUT2D eigenvalue weighted by Gasteiger charge is 2.27. The number of nitrogens with two attached hydrogens (primary N) is 1. The van der Waals surface area contributed by atoms with Crippen molar-refractivity contribution in [2.45, 2.75) is 25.0 Å². The van der Waals surface area contributed by atoms with Gasteiger partial charge in [-0.15, -0.1) is 11.3 Å². The number of hydrogen-bond donors (Lipinski definition) is 1. The summed E-state index contributed by atoms with van der Waals surface area (Å²) >= 11 is 5.31. The maximum atomic E-state index is 6.38. The van der Waals surface area contributed by atoms with Crippen LogP contribution in [-0.2, 0) is 17.6 Å². The van der Waals surface area contributed by atoms with Crippen molar-refractivity contribution in [3.63, 3.8) is 0 Å². The van der Waals surface area contributed by atoms with E-state index in [1.807, 2.05) is 0 Å². The van der Waals surface area contributed by atoms with E-state index in [-0.39, 0.29) is 12.1 Å². The van der Waals surface area contributed by atoms with Crippen LogP contribution in [-0.4, -0.2) is 12.6 Å². The summed E-state index contributed by atoms with van der Waals surface area (Å²) < 4.78 is 7.07. The van der Waals surface area contributed by atoms with Crippen molar-refractivity contribution in [1.29, 1.82) is 0 Å². The topological polar surface area (TPSA) is 35.2 Å². The molecule has 0 spiro atoms. The number of rotatable bonds is 3. The third-order valence-electron chi connectivity index (χ3n) is 3.53. The number of benzene rings is 1. The van der Waals surface area contributed by atoms with E-state index in [1.165, 1.54) is 16.0 Å². The van der Waals surface area contributed by atoms with Crippen LogP contribution in [0.1, 0.15) is 22.1 Å². The van der Waals surface area contributed by atoms with E-state index < -0.39 is 0 Å². The van der Waals surface area contributed by atoms with Crippen molar-refractivity contribution in [1.82, 2.24) is 0 Å². The fourth-order valence-electron chi connectivity index (χ4n) is 2.57. The maximum absolute atomic E-state index is 6.38. The van der Waals surface area contributed by atoms with E-state index in [9.17, 15) is 0 Å². The number of fused-ring (bicyclic) bond motifs is 1. The largest absolute Gasteiger partial charge is 0.372 e. The van der Waals surface area contributed by atoms with E-state index in [4.69, 9.17) is 10.5 Å². The molecule has 3 rings (SSSR count). The molecule has 2 unspecified atom stereocenters. The van der Waals surface area contributed by atoms with Gasteiger partial charge in [0.05, 0.1) is 12.7 Å². The van der Waals surface area contributed by atoms with Gasteiger partial charge in [0, 0.05) is 21.8 Å². The van der Waals surface area contributed by atoms with Crippen LogP contribution < -0.4 is 5.73 Å². The Kier molecular flexibility index (Phi) is 4.03. The zero-order chi connectivity index (χ0) is 13.2. The van der Waals surface area contributed by atoms with Gasteiger partial charge in [0.1, 0.15) is 0 Å². The fourth-order valence-corrected chi connectivity index (χ4v) is 4.16. The second-order valence-corrected chi connectivity index (χ2v) is 6.65. The summed E-state index contributed by atoms with van der Waals surface area (Å²) in [5.41, 5.74) is 9.02. The van der Waals surface area contributed by atoms with Crippen LogP contribution in [0, 0.1) is 0 Å². The molecule has 1 aromatic carbocycles. The Hall–Kier alpha value is -0.680. The predicted molar refractivity (Wildman–Crippen MR) is 82.5 cm³/mol. The number of thiophene rings is 1. The summed E-state index contributed by atoms with van der Waals surface area (Å²) in [4.78, 5) is 1.29. The molecule has 1 aliphatic rings. The molecule has 0 aliphatic carbocycles. The normalized spacial score (nSPS) is 20.0. The third-order valence-corrected chi connectivity index (χ3v) is 5.48. The lowest BCUT2D eigenvalue weighted by molar-refractivity contribution is 0.0247. The smallest absolute Gasteiger partial charge is 0.0982 e. The lowest BCUT2D eigenvalue weighted by Gasteiger charge is -2.30. The van der Waals surface area contributed by atoms with Crippen molar-refractivity contribution < 1.29 is 4.74 Å². The minimum absolute atomic E-state index is 0.00333. The van der Waals surface area contributed by atoms with Crippen LogP contribution in [0.2, 0.25) is 0 Å². The predicted octanol–water partition coefficient (Wildman–Crippen LogP) is 3.69. The van der Waals surface area contributed by atoms with Crippen LogP contribution >= 0.6 is 27.3 Å². The summed E-state index contributed by atoms with van der Waals surface area (Å²) in [6.07, 6.45) is 1.85. The lowest BCUT2D eigenvalue weighted by Crippen LogP contribution is -2.35. The Balaban J connectivity index is 1.81. The zero-order valence-corrected chi connectivity index (χ0v) is 12.9. The van der Waals surface area contributed by atoms with E-state index >= 15 is 0 Å². The Morgan fingerprint density at radius 1 is 1.37 bits per heavy atom. The van der Waals surface area contributed by atoms with Gasteiger partial charge in [0.15, 0.2) is 0 Å². The molecule has 100 valence electrons. The van der Waals surface area contributed by atoms with Gasteiger partial charge >= 0.3 is 0 Å². The molecule has 0 bridgehead atoms. The highest BCUT2D eigenvalue weighted by molar-refractivity contribution is 9.10. The standard InChI is InChI=1S/C15H16BrNOS/c16-12-6-8-19-14(12)9-13(17)15-11-4-2-1-3-10(11)5-7-18-15/h1-4,6,8,13,15H,5,7,9,17H2. The molecular weight excluding hydrogens is 322 g/mol. The molecule has 2 aromatic rings. The van der Waals surface area contributed by atoms with Crippen molar-refractivity contribution in [2.24, 2.45) is 5.73 Å². The van der Waals surface area contributed by atoms with E-state index in [2.05, 4.69) is 51.6 Å². The molecule has 19 heavy (non-hydrogen) atoms. The number of hydrogen-bond acceptors (Lipinski definition) is 3. The fraction of sp³-hybridized carbons (Fsp3) is 0.333. The molecule has 2 atom stereocenters. The molecule has 2 nitrogen and oxygen atoms in total. The average Bonchev–Trinajstić information content (AvgIpc) is 2.83. The number of ether oxygens (including phenoxy) is 1. The third kappa shape index (κ3) is 2.77. The van der Waals surface area contributed by atoms with Gasteiger partial charge in [0.25, 0.3) is 0 Å². The van der Waals surface area contributed by atoms with Gasteiger partial charge in [-0.1, -0.05) is 24.3 Å². The Morgan fingerprint density at radius 3 is 3.00 bits per heavy atom.